The molecule has 64 valence electrons. The van der Waals surface area contributed by atoms with E-state index < -0.39 is 0 Å². The lowest BCUT2D eigenvalue weighted by Crippen LogP contribution is -2.24. The Kier molecular flexibility index (Phi) is 2.58. The van der Waals surface area contributed by atoms with Gasteiger partial charge in [-0.3, -0.25) is 0 Å². The monoisotopic (exact) mass is 153 g/mol. The van der Waals surface area contributed by atoms with Crippen LogP contribution < -0.4 is 0 Å². The van der Waals surface area contributed by atoms with Gasteiger partial charge in [0.2, 0.25) is 0 Å². The second-order valence-electron chi connectivity index (χ2n) is 4.00. The van der Waals surface area contributed by atoms with E-state index in [-0.39, 0.29) is 0 Å². The van der Waals surface area contributed by atoms with Gasteiger partial charge in [0, 0.05) is 18.8 Å². The molecule has 0 aromatic heterocycles. The molecule has 1 atom stereocenters. The van der Waals surface area contributed by atoms with Crippen molar-refractivity contribution >= 4 is 0 Å². The summed E-state index contributed by atoms with van der Waals surface area (Å²) in [5, 5.41) is 0. The van der Waals surface area contributed by atoms with Crippen LogP contribution in [0.3, 0.4) is 0 Å². The van der Waals surface area contributed by atoms with Crippen LogP contribution >= 0.6 is 0 Å². The molecule has 1 aliphatic heterocycles. The van der Waals surface area contributed by atoms with Gasteiger partial charge >= 0.3 is 0 Å². The lowest BCUT2D eigenvalue weighted by Gasteiger charge is -2.23. The van der Waals surface area contributed by atoms with Gasteiger partial charge in [0.25, 0.3) is 0 Å². The van der Waals surface area contributed by atoms with Gasteiger partial charge in [0.05, 0.1) is 0 Å². The first-order chi connectivity index (χ1) is 5.11. The molecule has 0 bridgehead atoms. The zero-order valence-corrected chi connectivity index (χ0v) is 7.93. The number of allylic oxidation sites excluding steroid dienone is 1. The van der Waals surface area contributed by atoms with Crippen molar-refractivity contribution in [3.8, 4) is 0 Å². The van der Waals surface area contributed by atoms with Crippen molar-refractivity contribution in [2.75, 3.05) is 7.05 Å². The number of hydrogen-bond acceptors (Lipinski definition) is 1. The second-order valence-corrected chi connectivity index (χ2v) is 4.00. The quantitative estimate of drug-likeness (QED) is 0.589. The van der Waals surface area contributed by atoms with Gasteiger partial charge in [0.15, 0.2) is 0 Å². The lowest BCUT2D eigenvalue weighted by atomic mass is 10.0. The van der Waals surface area contributed by atoms with E-state index in [9.17, 15) is 0 Å². The van der Waals surface area contributed by atoms with Crippen molar-refractivity contribution in [3.63, 3.8) is 0 Å². The standard InChI is InChI=1S/C10H19N/c1-8(2)7-10-6-5-9(3)11(10)4/h8,10H,3,5-7H2,1-2,4H3/t10-/m1/s1. The van der Waals surface area contributed by atoms with Crippen molar-refractivity contribution in [2.45, 2.75) is 39.2 Å². The van der Waals surface area contributed by atoms with E-state index >= 15 is 0 Å². The van der Waals surface area contributed by atoms with Crippen molar-refractivity contribution in [2.24, 2.45) is 5.92 Å². The second kappa shape index (κ2) is 3.29. The fraction of sp³-hybridized carbons (Fsp3) is 0.800. The van der Waals surface area contributed by atoms with Gasteiger partial charge in [-0.2, -0.15) is 0 Å². The van der Waals surface area contributed by atoms with Gasteiger partial charge in [-0.05, 0) is 25.2 Å². The maximum atomic E-state index is 4.02. The van der Waals surface area contributed by atoms with Crippen LogP contribution in [0.1, 0.15) is 33.1 Å². The van der Waals surface area contributed by atoms with Crippen LogP contribution in [-0.2, 0) is 0 Å². The molecule has 0 amide bonds. The van der Waals surface area contributed by atoms with Gasteiger partial charge in [0.1, 0.15) is 0 Å². The smallest absolute Gasteiger partial charge is 0.0289 e. The van der Waals surface area contributed by atoms with Gasteiger partial charge in [-0.25, -0.2) is 0 Å². The van der Waals surface area contributed by atoms with Crippen molar-refractivity contribution in [3.05, 3.63) is 12.3 Å². The van der Waals surface area contributed by atoms with Crippen LogP contribution in [0.4, 0.5) is 0 Å². The minimum Gasteiger partial charge on any atom is -0.375 e. The predicted molar refractivity (Wildman–Crippen MR) is 49.4 cm³/mol. The van der Waals surface area contributed by atoms with Crippen LogP contribution in [0.25, 0.3) is 0 Å². The Balaban J connectivity index is 2.42. The molecular weight excluding hydrogens is 134 g/mol. The molecule has 1 nitrogen and oxygen atoms in total. The van der Waals surface area contributed by atoms with Gasteiger partial charge < -0.3 is 4.90 Å². The highest BCUT2D eigenvalue weighted by atomic mass is 15.2. The zero-order chi connectivity index (χ0) is 8.43. The minimum atomic E-state index is 0.766. The largest absolute Gasteiger partial charge is 0.375 e. The molecule has 1 heteroatoms. The average molecular weight is 153 g/mol. The third-order valence-electron chi connectivity index (χ3n) is 2.56. The Morgan fingerprint density at radius 1 is 1.64 bits per heavy atom. The topological polar surface area (TPSA) is 3.24 Å². The summed E-state index contributed by atoms with van der Waals surface area (Å²) >= 11 is 0. The van der Waals surface area contributed by atoms with Crippen LogP contribution in [0.2, 0.25) is 0 Å². The molecule has 1 fully saturated rings. The van der Waals surface area contributed by atoms with Crippen LogP contribution in [0.15, 0.2) is 12.3 Å². The van der Waals surface area contributed by atoms with Crippen molar-refractivity contribution in [1.29, 1.82) is 0 Å². The summed E-state index contributed by atoms with van der Waals surface area (Å²) in [4.78, 5) is 2.35. The van der Waals surface area contributed by atoms with E-state index in [4.69, 9.17) is 0 Å². The normalized spacial score (nSPS) is 25.3. The van der Waals surface area contributed by atoms with Gasteiger partial charge in [-0.15, -0.1) is 0 Å². The Hall–Kier alpha value is -0.460. The van der Waals surface area contributed by atoms with E-state index in [1.54, 1.807) is 0 Å². The molecule has 0 unspecified atom stereocenters. The third kappa shape index (κ3) is 1.98. The number of rotatable bonds is 2. The molecular formula is C10H19N. The predicted octanol–water partition coefficient (Wildman–Crippen LogP) is 2.64. The maximum Gasteiger partial charge on any atom is 0.0289 e. The highest BCUT2D eigenvalue weighted by Crippen LogP contribution is 2.27. The van der Waals surface area contributed by atoms with Crippen LogP contribution in [-0.4, -0.2) is 18.0 Å². The fourth-order valence-electron chi connectivity index (χ4n) is 1.78. The minimum absolute atomic E-state index is 0.766. The molecule has 1 rings (SSSR count). The molecule has 0 saturated carbocycles. The molecule has 0 aromatic rings. The molecule has 1 heterocycles. The summed E-state index contributed by atoms with van der Waals surface area (Å²) in [5.41, 5.74) is 1.32. The Morgan fingerprint density at radius 2 is 2.27 bits per heavy atom. The molecule has 0 N–H and O–H groups in total. The first kappa shape index (κ1) is 8.63. The zero-order valence-electron chi connectivity index (χ0n) is 7.93. The number of hydrogen-bond donors (Lipinski definition) is 0. The van der Waals surface area contributed by atoms with E-state index in [0.29, 0.717) is 0 Å². The number of likely N-dealkylation sites (tertiary alicyclic amines) is 1. The summed E-state index contributed by atoms with van der Waals surface area (Å²) in [7, 11) is 2.17. The SMILES string of the molecule is C=C1CC[C@H](CC(C)C)N1C. The summed E-state index contributed by atoms with van der Waals surface area (Å²) in [6.45, 7) is 8.59. The maximum absolute atomic E-state index is 4.02. The van der Waals surface area contributed by atoms with Crippen molar-refractivity contribution < 1.29 is 0 Å². The lowest BCUT2D eigenvalue weighted by molar-refractivity contribution is 0.304. The fourth-order valence-corrected chi connectivity index (χ4v) is 1.78. The molecule has 11 heavy (non-hydrogen) atoms. The average Bonchev–Trinajstić information content (AvgIpc) is 2.18. The van der Waals surface area contributed by atoms with E-state index in [1.807, 2.05) is 0 Å². The summed E-state index contributed by atoms with van der Waals surface area (Å²) in [5.74, 6) is 0.813. The van der Waals surface area contributed by atoms with Gasteiger partial charge in [-0.1, -0.05) is 20.4 Å². The van der Waals surface area contributed by atoms with Crippen molar-refractivity contribution in [1.82, 2.24) is 4.90 Å². The molecule has 0 aromatic carbocycles. The Labute approximate surface area is 70.1 Å². The molecule has 0 spiro atoms. The van der Waals surface area contributed by atoms with E-state index in [1.165, 1.54) is 25.0 Å². The molecule has 1 saturated heterocycles. The highest BCUT2D eigenvalue weighted by Gasteiger charge is 2.23. The third-order valence-corrected chi connectivity index (χ3v) is 2.56. The Morgan fingerprint density at radius 3 is 2.64 bits per heavy atom. The summed E-state index contributed by atoms with van der Waals surface area (Å²) in [6, 6.07) is 0.766. The van der Waals surface area contributed by atoms with E-state index in [2.05, 4.69) is 32.4 Å². The first-order valence-electron chi connectivity index (χ1n) is 4.52. The van der Waals surface area contributed by atoms with Crippen LogP contribution in [0, 0.1) is 5.92 Å². The molecule has 1 aliphatic rings. The number of nitrogens with zero attached hydrogens (tertiary/aromatic N) is 1. The first-order valence-corrected chi connectivity index (χ1v) is 4.52. The molecule has 0 radical (unpaired) electrons. The molecule has 0 aliphatic carbocycles. The highest BCUT2D eigenvalue weighted by molar-refractivity contribution is 5.02. The summed E-state index contributed by atoms with van der Waals surface area (Å²) in [6.07, 6.45) is 3.83. The van der Waals surface area contributed by atoms with Crippen LogP contribution in [0.5, 0.6) is 0 Å². The summed E-state index contributed by atoms with van der Waals surface area (Å²) < 4.78 is 0. The Bertz CT molecular complexity index is 149. The van der Waals surface area contributed by atoms with E-state index in [0.717, 1.165) is 12.0 Å².